The van der Waals surface area contributed by atoms with Crippen LogP contribution in [0.3, 0.4) is 0 Å². The summed E-state index contributed by atoms with van der Waals surface area (Å²) in [7, 11) is 1.58. The summed E-state index contributed by atoms with van der Waals surface area (Å²) in [4.78, 5) is 33.3. The Morgan fingerprint density at radius 1 is 1.00 bits per heavy atom. The zero-order valence-electron chi connectivity index (χ0n) is 19.7. The van der Waals surface area contributed by atoms with Crippen LogP contribution in [0.25, 0.3) is 0 Å². The van der Waals surface area contributed by atoms with E-state index in [4.69, 9.17) is 4.74 Å². The van der Waals surface area contributed by atoms with Crippen molar-refractivity contribution < 1.29 is 18.7 Å². The first-order valence-electron chi connectivity index (χ1n) is 11.8. The van der Waals surface area contributed by atoms with Gasteiger partial charge < -0.3 is 14.5 Å². The summed E-state index contributed by atoms with van der Waals surface area (Å²) in [6.07, 6.45) is 0.884. The number of ether oxygens (including phenoxy) is 1. The highest BCUT2D eigenvalue weighted by molar-refractivity contribution is 7.10. The number of carbonyl (C=O) groups excluding carboxylic acids is 2. The van der Waals surface area contributed by atoms with Crippen LogP contribution in [-0.4, -0.2) is 72.9 Å². The predicted octanol–water partition coefficient (Wildman–Crippen LogP) is 3.83. The molecule has 3 heterocycles. The van der Waals surface area contributed by atoms with Gasteiger partial charge in [-0.05, 0) is 59.3 Å². The smallest absolute Gasteiger partial charge is 0.254 e. The zero-order chi connectivity index (χ0) is 24.4. The minimum Gasteiger partial charge on any atom is -0.497 e. The summed E-state index contributed by atoms with van der Waals surface area (Å²) < 4.78 is 19.3. The lowest BCUT2D eigenvalue weighted by molar-refractivity contribution is -0.134. The van der Waals surface area contributed by atoms with Gasteiger partial charge in [-0.15, -0.1) is 11.3 Å². The maximum Gasteiger partial charge on any atom is 0.254 e. The number of nitrogens with zero attached hydrogens (tertiary/aromatic N) is 3. The molecule has 0 spiro atoms. The molecule has 3 aromatic rings. The first-order valence-corrected chi connectivity index (χ1v) is 12.7. The van der Waals surface area contributed by atoms with Crippen molar-refractivity contribution >= 4 is 23.2 Å². The lowest BCUT2D eigenvalue weighted by atomic mass is 9.93. The number of hydrogen-bond acceptors (Lipinski definition) is 5. The molecular weight excluding hydrogens is 465 g/mol. The first-order chi connectivity index (χ1) is 17.0. The Morgan fingerprint density at radius 2 is 1.77 bits per heavy atom. The van der Waals surface area contributed by atoms with Gasteiger partial charge in [-0.25, -0.2) is 4.39 Å². The van der Waals surface area contributed by atoms with Crippen molar-refractivity contribution in [3.05, 3.63) is 87.4 Å². The van der Waals surface area contributed by atoms with Gasteiger partial charge in [0.2, 0.25) is 5.91 Å². The first kappa shape index (κ1) is 23.5. The van der Waals surface area contributed by atoms with Crippen molar-refractivity contribution in [2.75, 3.05) is 46.4 Å². The fourth-order valence-corrected chi connectivity index (χ4v) is 5.88. The third kappa shape index (κ3) is 4.94. The van der Waals surface area contributed by atoms with E-state index in [2.05, 4.69) is 16.3 Å². The lowest BCUT2D eigenvalue weighted by Crippen LogP contribution is -2.53. The van der Waals surface area contributed by atoms with E-state index in [1.807, 2.05) is 17.0 Å². The van der Waals surface area contributed by atoms with Crippen molar-refractivity contribution in [3.8, 4) is 5.75 Å². The van der Waals surface area contributed by atoms with Crippen LogP contribution in [0.4, 0.5) is 4.39 Å². The third-order valence-corrected chi connectivity index (χ3v) is 7.80. The largest absolute Gasteiger partial charge is 0.497 e. The number of fused-ring (bicyclic) bond motifs is 1. The number of halogens is 1. The van der Waals surface area contributed by atoms with Crippen LogP contribution < -0.4 is 4.74 Å². The molecule has 0 aliphatic carbocycles. The number of methoxy groups -OCH3 is 1. The number of piperazine rings is 1. The molecule has 1 saturated heterocycles. The Bertz CT molecular complexity index is 1220. The Kier molecular flexibility index (Phi) is 6.83. The number of thiophene rings is 1. The summed E-state index contributed by atoms with van der Waals surface area (Å²) in [5, 5.41) is 2.07. The number of hydrogen-bond donors (Lipinski definition) is 0. The second kappa shape index (κ2) is 10.2. The molecule has 0 N–H and O–H groups in total. The molecule has 1 unspecified atom stereocenters. The van der Waals surface area contributed by atoms with Crippen LogP contribution >= 0.6 is 11.3 Å². The monoisotopic (exact) mass is 493 g/mol. The van der Waals surface area contributed by atoms with E-state index in [-0.39, 0.29) is 30.2 Å². The fraction of sp³-hybridized carbons (Fsp3) is 0.333. The van der Waals surface area contributed by atoms with Gasteiger partial charge in [0.25, 0.3) is 5.91 Å². The van der Waals surface area contributed by atoms with Crippen molar-refractivity contribution in [1.29, 1.82) is 0 Å². The van der Waals surface area contributed by atoms with Gasteiger partial charge in [-0.3, -0.25) is 14.5 Å². The topological polar surface area (TPSA) is 53.1 Å². The van der Waals surface area contributed by atoms with Gasteiger partial charge >= 0.3 is 0 Å². The van der Waals surface area contributed by atoms with E-state index in [9.17, 15) is 14.0 Å². The summed E-state index contributed by atoms with van der Waals surface area (Å²) in [6.45, 7) is 2.98. The van der Waals surface area contributed by atoms with Crippen LogP contribution in [-0.2, 0) is 11.2 Å². The molecule has 0 radical (unpaired) electrons. The number of benzene rings is 2. The Hall–Kier alpha value is -3.23. The molecule has 0 bridgehead atoms. The molecule has 1 atom stereocenters. The molecule has 1 fully saturated rings. The van der Waals surface area contributed by atoms with Gasteiger partial charge in [0.15, 0.2) is 0 Å². The van der Waals surface area contributed by atoms with E-state index in [1.165, 1.54) is 10.9 Å². The van der Waals surface area contributed by atoms with Crippen molar-refractivity contribution in [2.45, 2.75) is 12.5 Å². The summed E-state index contributed by atoms with van der Waals surface area (Å²) in [5.74, 6) is 0.363. The summed E-state index contributed by atoms with van der Waals surface area (Å²) in [6, 6.07) is 15.8. The van der Waals surface area contributed by atoms with Crippen LogP contribution in [0.15, 0.2) is 60.0 Å². The molecule has 2 aromatic carbocycles. The Morgan fingerprint density at radius 3 is 2.54 bits per heavy atom. The van der Waals surface area contributed by atoms with E-state index in [0.717, 1.165) is 24.1 Å². The van der Waals surface area contributed by atoms with Crippen LogP contribution in [0.5, 0.6) is 5.75 Å². The fourth-order valence-electron chi connectivity index (χ4n) is 4.98. The van der Waals surface area contributed by atoms with Gasteiger partial charge in [0.1, 0.15) is 11.6 Å². The molecule has 35 heavy (non-hydrogen) atoms. The third-order valence-electron chi connectivity index (χ3n) is 6.80. The zero-order valence-corrected chi connectivity index (χ0v) is 20.5. The SMILES string of the molecule is COc1cccc(C(=O)N2CCN(C(=O)CN3CCc4sccc4C3c3cccc(F)c3)CC2)c1. The average Bonchev–Trinajstić information content (AvgIpc) is 3.37. The molecule has 6 nitrogen and oxygen atoms in total. The Balaban J connectivity index is 1.25. The second-order valence-corrected chi connectivity index (χ2v) is 9.88. The standard InChI is InChI=1S/C27H28FN3O3S/c1-34-22-7-3-5-20(17-22)27(33)30-13-11-29(12-14-30)25(32)18-31-10-8-24-23(9-15-35-24)26(31)19-4-2-6-21(28)16-19/h2-7,9,15-17,26H,8,10-14,18H2,1H3. The van der Waals surface area contributed by atoms with E-state index in [1.54, 1.807) is 53.7 Å². The maximum atomic E-state index is 14.0. The van der Waals surface area contributed by atoms with Crippen LogP contribution in [0.1, 0.15) is 32.4 Å². The molecular formula is C27H28FN3O3S. The quantitative estimate of drug-likeness (QED) is 0.542. The van der Waals surface area contributed by atoms with E-state index in [0.29, 0.717) is 37.5 Å². The van der Waals surface area contributed by atoms with Crippen molar-refractivity contribution in [1.82, 2.24) is 14.7 Å². The van der Waals surface area contributed by atoms with Gasteiger partial charge in [-0.1, -0.05) is 18.2 Å². The van der Waals surface area contributed by atoms with Gasteiger partial charge in [0, 0.05) is 43.2 Å². The molecule has 2 aliphatic rings. The number of rotatable bonds is 5. The molecule has 182 valence electrons. The molecule has 5 rings (SSSR count). The minimum absolute atomic E-state index is 0.0403. The maximum absolute atomic E-state index is 14.0. The van der Waals surface area contributed by atoms with Gasteiger partial charge in [0.05, 0.1) is 19.7 Å². The van der Waals surface area contributed by atoms with Crippen LogP contribution in [0.2, 0.25) is 0 Å². The highest BCUT2D eigenvalue weighted by Gasteiger charge is 2.33. The number of amides is 2. The highest BCUT2D eigenvalue weighted by Crippen LogP contribution is 2.37. The highest BCUT2D eigenvalue weighted by atomic mass is 32.1. The molecule has 8 heteroatoms. The predicted molar refractivity (Wildman–Crippen MR) is 133 cm³/mol. The lowest BCUT2D eigenvalue weighted by Gasteiger charge is -2.39. The van der Waals surface area contributed by atoms with Crippen molar-refractivity contribution in [2.24, 2.45) is 0 Å². The number of carbonyl (C=O) groups is 2. The van der Waals surface area contributed by atoms with Crippen molar-refractivity contribution in [3.63, 3.8) is 0 Å². The minimum atomic E-state index is -0.270. The molecule has 2 amide bonds. The molecule has 0 saturated carbocycles. The normalized spacial score (nSPS) is 18.3. The summed E-state index contributed by atoms with van der Waals surface area (Å²) >= 11 is 1.72. The second-order valence-electron chi connectivity index (χ2n) is 8.88. The van der Waals surface area contributed by atoms with Gasteiger partial charge in [-0.2, -0.15) is 0 Å². The summed E-state index contributed by atoms with van der Waals surface area (Å²) in [5.41, 5.74) is 2.61. The van der Waals surface area contributed by atoms with E-state index >= 15 is 0 Å². The van der Waals surface area contributed by atoms with E-state index < -0.39 is 0 Å². The average molecular weight is 494 g/mol. The molecule has 1 aromatic heterocycles. The molecule has 2 aliphatic heterocycles. The Labute approximate surface area is 208 Å². The van der Waals surface area contributed by atoms with Crippen LogP contribution in [0, 0.1) is 5.82 Å².